The van der Waals surface area contributed by atoms with E-state index < -0.39 is 0 Å². The average molecular weight is 446 g/mol. The monoisotopic (exact) mass is 445 g/mol. The van der Waals surface area contributed by atoms with Gasteiger partial charge < -0.3 is 14.4 Å². The summed E-state index contributed by atoms with van der Waals surface area (Å²) in [6, 6.07) is 19.7. The molecule has 2 aromatic heterocycles. The Morgan fingerprint density at radius 2 is 1.66 bits per heavy atom. The number of amides is 1. The zero-order valence-corrected chi connectivity index (χ0v) is 18.6. The van der Waals surface area contributed by atoms with Crippen LogP contribution in [0.25, 0.3) is 11.5 Å². The van der Waals surface area contributed by atoms with E-state index in [-0.39, 0.29) is 5.91 Å². The lowest BCUT2D eigenvalue weighted by Crippen LogP contribution is -2.49. The van der Waals surface area contributed by atoms with E-state index in [1.165, 1.54) is 5.56 Å². The zero-order valence-electron chi connectivity index (χ0n) is 17.9. The van der Waals surface area contributed by atoms with Crippen LogP contribution in [0.3, 0.4) is 0 Å². The van der Waals surface area contributed by atoms with Crippen molar-refractivity contribution in [3.8, 4) is 11.5 Å². The average Bonchev–Trinajstić information content (AvgIpc) is 3.51. The Hall–Kier alpha value is -3.51. The summed E-state index contributed by atoms with van der Waals surface area (Å²) >= 11 is 6.21. The number of hydrogen-bond donors (Lipinski definition) is 0. The quantitative estimate of drug-likeness (QED) is 0.461. The van der Waals surface area contributed by atoms with E-state index in [0.717, 1.165) is 35.3 Å². The fraction of sp³-hybridized carbons (Fsp3) is 0.200. The summed E-state index contributed by atoms with van der Waals surface area (Å²) in [5.74, 6) is 0.748. The molecule has 5 rings (SSSR count). The summed E-state index contributed by atoms with van der Waals surface area (Å²) < 4.78 is 3.76. The topological polar surface area (TPSA) is 46.3 Å². The normalized spacial score (nSPS) is 14.1. The summed E-state index contributed by atoms with van der Waals surface area (Å²) in [5.41, 5.74) is 3.83. The van der Waals surface area contributed by atoms with Crippen LogP contribution in [0.1, 0.15) is 15.9 Å². The van der Waals surface area contributed by atoms with Crippen molar-refractivity contribution in [2.24, 2.45) is 0 Å². The van der Waals surface area contributed by atoms with Crippen LogP contribution in [-0.4, -0.2) is 51.3 Å². The summed E-state index contributed by atoms with van der Waals surface area (Å²) in [6.45, 7) is 4.90. The largest absolute Gasteiger partial charge is 0.368 e. The Morgan fingerprint density at radius 1 is 0.938 bits per heavy atom. The number of aryl methyl sites for hydroxylation is 1. The van der Waals surface area contributed by atoms with E-state index in [9.17, 15) is 4.79 Å². The third kappa shape index (κ3) is 3.78. The van der Waals surface area contributed by atoms with E-state index in [2.05, 4.69) is 16.9 Å². The molecule has 0 radical (unpaired) electrons. The van der Waals surface area contributed by atoms with Gasteiger partial charge in [0.25, 0.3) is 5.91 Å². The number of halogens is 1. The number of rotatable bonds is 4. The standard InChI is InChI=1S/C25H24ClN5O/c1-19-9-10-20(26)17-23(19)28-13-15-30(16-14-28)25(32)22-18-27-31(21-7-3-2-4-8-21)24(22)29-11-5-6-12-29/h2-12,17-18H,13-16H2,1H3. The number of carbonyl (C=O) groups is 1. The molecular formula is C25H24ClN5O. The van der Waals surface area contributed by atoms with Crippen molar-refractivity contribution in [1.29, 1.82) is 0 Å². The molecule has 0 atom stereocenters. The Bertz CT molecular complexity index is 1220. The number of carbonyl (C=O) groups excluding carboxylic acids is 1. The van der Waals surface area contributed by atoms with Gasteiger partial charge in [-0.2, -0.15) is 5.10 Å². The van der Waals surface area contributed by atoms with Crippen LogP contribution < -0.4 is 4.90 Å². The van der Waals surface area contributed by atoms with Crippen LogP contribution in [0.2, 0.25) is 5.02 Å². The highest BCUT2D eigenvalue weighted by molar-refractivity contribution is 6.30. The molecule has 0 spiro atoms. The number of nitrogens with zero attached hydrogens (tertiary/aromatic N) is 5. The van der Waals surface area contributed by atoms with Crippen LogP contribution >= 0.6 is 11.6 Å². The van der Waals surface area contributed by atoms with Crippen LogP contribution in [0.5, 0.6) is 0 Å². The van der Waals surface area contributed by atoms with Gasteiger partial charge in [-0.3, -0.25) is 4.79 Å². The molecule has 0 saturated carbocycles. The van der Waals surface area contributed by atoms with Crippen LogP contribution in [0.4, 0.5) is 5.69 Å². The van der Waals surface area contributed by atoms with E-state index in [1.54, 1.807) is 6.20 Å². The maximum absolute atomic E-state index is 13.5. The third-order valence-electron chi connectivity index (χ3n) is 5.90. The molecule has 6 nitrogen and oxygen atoms in total. The molecule has 4 aromatic rings. The molecular weight excluding hydrogens is 422 g/mol. The number of para-hydroxylation sites is 1. The van der Waals surface area contributed by atoms with Crippen molar-refractivity contribution >= 4 is 23.2 Å². The number of aromatic nitrogens is 3. The van der Waals surface area contributed by atoms with Gasteiger partial charge in [-0.25, -0.2) is 4.68 Å². The SMILES string of the molecule is Cc1ccc(Cl)cc1N1CCN(C(=O)c2cnn(-c3ccccc3)c2-n2cccc2)CC1. The van der Waals surface area contributed by atoms with Gasteiger partial charge in [0.2, 0.25) is 0 Å². The van der Waals surface area contributed by atoms with Crippen LogP contribution in [0.15, 0.2) is 79.3 Å². The second kappa shape index (κ2) is 8.55. The minimum Gasteiger partial charge on any atom is -0.368 e. The lowest BCUT2D eigenvalue weighted by Gasteiger charge is -2.36. The fourth-order valence-corrected chi connectivity index (χ4v) is 4.39. The van der Waals surface area contributed by atoms with Crippen molar-refractivity contribution in [3.05, 3.63) is 95.4 Å². The molecule has 32 heavy (non-hydrogen) atoms. The predicted molar refractivity (Wildman–Crippen MR) is 127 cm³/mol. The molecule has 2 aromatic carbocycles. The van der Waals surface area contributed by atoms with Crippen molar-refractivity contribution in [2.75, 3.05) is 31.1 Å². The van der Waals surface area contributed by atoms with Gasteiger partial charge in [-0.1, -0.05) is 35.9 Å². The molecule has 1 aliphatic rings. The predicted octanol–water partition coefficient (Wildman–Crippen LogP) is 4.59. The van der Waals surface area contributed by atoms with Crippen molar-refractivity contribution in [1.82, 2.24) is 19.2 Å². The molecule has 1 aliphatic heterocycles. The molecule has 1 amide bonds. The highest BCUT2D eigenvalue weighted by Gasteiger charge is 2.27. The first-order chi connectivity index (χ1) is 15.6. The number of hydrogen-bond acceptors (Lipinski definition) is 3. The number of piperazine rings is 1. The molecule has 0 aliphatic carbocycles. The van der Waals surface area contributed by atoms with Gasteiger partial charge in [-0.15, -0.1) is 0 Å². The second-order valence-electron chi connectivity index (χ2n) is 7.93. The van der Waals surface area contributed by atoms with Gasteiger partial charge in [0, 0.05) is 49.3 Å². The van der Waals surface area contributed by atoms with E-state index >= 15 is 0 Å². The van der Waals surface area contributed by atoms with E-state index in [4.69, 9.17) is 11.6 Å². The van der Waals surface area contributed by atoms with E-state index in [1.807, 2.05) is 87.2 Å². The number of anilines is 1. The van der Waals surface area contributed by atoms with E-state index in [0.29, 0.717) is 18.7 Å². The molecule has 0 unspecified atom stereocenters. The van der Waals surface area contributed by atoms with Gasteiger partial charge in [0.15, 0.2) is 5.82 Å². The van der Waals surface area contributed by atoms with Crippen LogP contribution in [-0.2, 0) is 0 Å². The highest BCUT2D eigenvalue weighted by atomic mass is 35.5. The fourth-order valence-electron chi connectivity index (χ4n) is 4.22. The molecule has 7 heteroatoms. The summed E-state index contributed by atoms with van der Waals surface area (Å²) in [4.78, 5) is 17.8. The molecule has 162 valence electrons. The Labute approximate surface area is 192 Å². The van der Waals surface area contributed by atoms with Crippen molar-refractivity contribution < 1.29 is 4.79 Å². The third-order valence-corrected chi connectivity index (χ3v) is 6.14. The van der Waals surface area contributed by atoms with Gasteiger partial charge in [-0.05, 0) is 48.9 Å². The first-order valence-corrected chi connectivity index (χ1v) is 11.1. The minimum absolute atomic E-state index is 0.00153. The maximum atomic E-state index is 13.5. The van der Waals surface area contributed by atoms with Gasteiger partial charge in [0.05, 0.1) is 11.9 Å². The summed E-state index contributed by atoms with van der Waals surface area (Å²) in [6.07, 6.45) is 5.55. The maximum Gasteiger partial charge on any atom is 0.259 e. The summed E-state index contributed by atoms with van der Waals surface area (Å²) in [7, 11) is 0. The summed E-state index contributed by atoms with van der Waals surface area (Å²) in [5, 5.41) is 5.30. The molecule has 1 fully saturated rings. The van der Waals surface area contributed by atoms with Crippen molar-refractivity contribution in [3.63, 3.8) is 0 Å². The van der Waals surface area contributed by atoms with Gasteiger partial charge >= 0.3 is 0 Å². The van der Waals surface area contributed by atoms with Crippen LogP contribution in [0, 0.1) is 6.92 Å². The lowest BCUT2D eigenvalue weighted by atomic mass is 10.1. The molecule has 0 N–H and O–H groups in total. The van der Waals surface area contributed by atoms with Gasteiger partial charge in [0.1, 0.15) is 5.56 Å². The molecule has 0 bridgehead atoms. The second-order valence-corrected chi connectivity index (χ2v) is 8.37. The first kappa shape index (κ1) is 20.4. The Kier molecular flexibility index (Phi) is 5.45. The zero-order chi connectivity index (χ0) is 22.1. The number of benzene rings is 2. The molecule has 3 heterocycles. The smallest absolute Gasteiger partial charge is 0.259 e. The lowest BCUT2D eigenvalue weighted by molar-refractivity contribution is 0.0747. The Balaban J connectivity index is 1.41. The molecule has 1 saturated heterocycles. The highest BCUT2D eigenvalue weighted by Crippen LogP contribution is 2.26. The van der Waals surface area contributed by atoms with Crippen molar-refractivity contribution in [2.45, 2.75) is 6.92 Å². The minimum atomic E-state index is -0.00153. The Morgan fingerprint density at radius 3 is 2.38 bits per heavy atom. The first-order valence-electron chi connectivity index (χ1n) is 10.7.